The highest BCUT2D eigenvalue weighted by atomic mass is 32.2. The van der Waals surface area contributed by atoms with Crippen LogP contribution >= 0.6 is 11.8 Å². The van der Waals surface area contributed by atoms with E-state index in [4.69, 9.17) is 0 Å². The molecule has 150 valence electrons. The first-order valence-corrected chi connectivity index (χ1v) is 10.5. The van der Waals surface area contributed by atoms with Crippen LogP contribution in [0, 0.1) is 0 Å². The van der Waals surface area contributed by atoms with E-state index in [-0.39, 0.29) is 11.1 Å². The zero-order chi connectivity index (χ0) is 20.5. The summed E-state index contributed by atoms with van der Waals surface area (Å²) >= 11 is 0.890. The lowest BCUT2D eigenvalue weighted by atomic mass is 10.1. The lowest BCUT2D eigenvalue weighted by Gasteiger charge is -2.36. The summed E-state index contributed by atoms with van der Waals surface area (Å²) in [6, 6.07) is 16.6. The predicted octanol–water partition coefficient (Wildman–Crippen LogP) is 3.28. The predicted molar refractivity (Wildman–Crippen MR) is 120 cm³/mol. The largest absolute Gasteiger partial charge is 0.367 e. The maximum Gasteiger partial charge on any atom is 0.290 e. The zero-order valence-electron chi connectivity index (χ0n) is 16.1. The highest BCUT2D eigenvalue weighted by molar-refractivity contribution is 8.18. The lowest BCUT2D eigenvalue weighted by Crippen LogP contribution is -2.47. The molecule has 0 atom stereocenters. The number of carbonyl (C=O) groups excluding carboxylic acids is 2. The Hall–Kier alpha value is -3.39. The van der Waals surface area contributed by atoms with Crippen molar-refractivity contribution < 1.29 is 9.59 Å². The lowest BCUT2D eigenvalue weighted by molar-refractivity contribution is -0.115. The van der Waals surface area contributed by atoms with Crippen LogP contribution in [-0.4, -0.2) is 47.3 Å². The molecule has 2 aromatic carbocycles. The van der Waals surface area contributed by atoms with Gasteiger partial charge in [0, 0.05) is 43.4 Å². The van der Waals surface area contributed by atoms with E-state index in [1.165, 1.54) is 16.5 Å². The zero-order valence-corrected chi connectivity index (χ0v) is 16.9. The van der Waals surface area contributed by atoms with Gasteiger partial charge in [0.2, 0.25) is 5.95 Å². The molecule has 5 rings (SSSR count). The molecule has 0 saturated carbocycles. The summed E-state index contributed by atoms with van der Waals surface area (Å²) < 4.78 is 0. The van der Waals surface area contributed by atoms with E-state index in [9.17, 15) is 9.59 Å². The van der Waals surface area contributed by atoms with Crippen molar-refractivity contribution >= 4 is 51.4 Å². The Balaban J connectivity index is 1.32. The number of amides is 2. The standard InChI is InChI=1S/C22H19N5O2S/c28-20-19(30-22(29)25-20)14-16-8-9-23-21(24-16)27-12-10-26(11-13-27)18-7-3-5-15-4-1-2-6-17(15)18/h1-9,14H,10-13H2,(H,25,28,29). The van der Waals surface area contributed by atoms with Crippen LogP contribution in [0.4, 0.5) is 16.4 Å². The molecule has 0 unspecified atom stereocenters. The van der Waals surface area contributed by atoms with Crippen molar-refractivity contribution in [3.8, 4) is 0 Å². The van der Waals surface area contributed by atoms with Gasteiger partial charge in [-0.3, -0.25) is 14.9 Å². The molecule has 30 heavy (non-hydrogen) atoms. The van der Waals surface area contributed by atoms with Crippen LogP contribution in [-0.2, 0) is 4.79 Å². The maximum absolute atomic E-state index is 11.8. The van der Waals surface area contributed by atoms with E-state index in [2.05, 4.69) is 67.5 Å². The molecule has 2 amide bonds. The number of piperazine rings is 1. The third-order valence-electron chi connectivity index (χ3n) is 5.26. The van der Waals surface area contributed by atoms with Crippen molar-refractivity contribution in [2.24, 2.45) is 0 Å². The summed E-state index contributed by atoms with van der Waals surface area (Å²) in [7, 11) is 0. The Morgan fingerprint density at radius 2 is 1.70 bits per heavy atom. The number of hydrogen-bond acceptors (Lipinski definition) is 7. The molecule has 3 aromatic rings. The molecular formula is C22H19N5O2S. The topological polar surface area (TPSA) is 78.4 Å². The Morgan fingerprint density at radius 3 is 2.50 bits per heavy atom. The number of imide groups is 1. The second kappa shape index (κ2) is 7.79. The normalized spacial score (nSPS) is 18.3. The summed E-state index contributed by atoms with van der Waals surface area (Å²) in [5, 5.41) is 4.41. The van der Waals surface area contributed by atoms with Crippen LogP contribution in [0.1, 0.15) is 5.69 Å². The summed E-state index contributed by atoms with van der Waals surface area (Å²) in [6.07, 6.45) is 3.31. The summed E-state index contributed by atoms with van der Waals surface area (Å²) in [5.41, 5.74) is 1.87. The SMILES string of the molecule is O=C1NC(=O)C(=Cc2ccnc(N3CCN(c4cccc5ccccc45)CC3)n2)S1. The molecule has 0 radical (unpaired) electrons. The van der Waals surface area contributed by atoms with Crippen molar-refractivity contribution in [3.63, 3.8) is 0 Å². The molecule has 1 aromatic heterocycles. The van der Waals surface area contributed by atoms with E-state index in [1.54, 1.807) is 18.3 Å². The van der Waals surface area contributed by atoms with Crippen LogP contribution in [0.2, 0.25) is 0 Å². The van der Waals surface area contributed by atoms with E-state index < -0.39 is 0 Å². The number of benzene rings is 2. The van der Waals surface area contributed by atoms with Gasteiger partial charge in [0.25, 0.3) is 11.1 Å². The first-order chi connectivity index (χ1) is 14.7. The number of hydrogen-bond donors (Lipinski definition) is 1. The van der Waals surface area contributed by atoms with Crippen molar-refractivity contribution in [1.82, 2.24) is 15.3 Å². The molecule has 0 bridgehead atoms. The Kier molecular flexibility index (Phi) is 4.84. The first-order valence-electron chi connectivity index (χ1n) is 9.73. The van der Waals surface area contributed by atoms with Gasteiger partial charge in [-0.1, -0.05) is 36.4 Å². The third-order valence-corrected chi connectivity index (χ3v) is 6.07. The minimum atomic E-state index is -0.381. The van der Waals surface area contributed by atoms with Crippen LogP contribution in [0.3, 0.4) is 0 Å². The van der Waals surface area contributed by atoms with Gasteiger partial charge in [0.15, 0.2) is 0 Å². The number of carbonyl (C=O) groups is 2. The van der Waals surface area contributed by atoms with Crippen molar-refractivity contribution in [2.75, 3.05) is 36.0 Å². The van der Waals surface area contributed by atoms with Gasteiger partial charge in [-0.05, 0) is 35.4 Å². The molecule has 2 aliphatic heterocycles. The van der Waals surface area contributed by atoms with Gasteiger partial charge in [-0.15, -0.1) is 0 Å². The number of rotatable bonds is 3. The van der Waals surface area contributed by atoms with Crippen LogP contribution < -0.4 is 15.1 Å². The molecule has 2 saturated heterocycles. The second-order valence-corrected chi connectivity index (χ2v) is 8.12. The molecule has 2 fully saturated rings. The number of aromatic nitrogens is 2. The molecule has 0 aliphatic carbocycles. The fourth-order valence-electron chi connectivity index (χ4n) is 3.78. The van der Waals surface area contributed by atoms with Crippen molar-refractivity contribution in [3.05, 3.63) is 65.3 Å². The minimum absolute atomic E-state index is 0.352. The smallest absolute Gasteiger partial charge is 0.290 e. The number of fused-ring (bicyclic) bond motifs is 1. The molecule has 8 heteroatoms. The molecule has 0 spiro atoms. The maximum atomic E-state index is 11.8. The highest BCUT2D eigenvalue weighted by Crippen LogP contribution is 2.28. The van der Waals surface area contributed by atoms with E-state index >= 15 is 0 Å². The van der Waals surface area contributed by atoms with Gasteiger partial charge >= 0.3 is 0 Å². The molecule has 3 heterocycles. The minimum Gasteiger partial charge on any atom is -0.367 e. The van der Waals surface area contributed by atoms with Crippen LogP contribution in [0.5, 0.6) is 0 Å². The summed E-state index contributed by atoms with van der Waals surface area (Å²) in [4.78, 5) is 37.0. The Bertz CT molecular complexity index is 1170. The number of thioether (sulfide) groups is 1. The molecule has 2 aliphatic rings. The fourth-order valence-corrected chi connectivity index (χ4v) is 4.45. The average Bonchev–Trinajstić information content (AvgIpc) is 3.10. The van der Waals surface area contributed by atoms with E-state index in [1.807, 2.05) is 0 Å². The van der Waals surface area contributed by atoms with Gasteiger partial charge < -0.3 is 9.80 Å². The molecular weight excluding hydrogens is 398 g/mol. The van der Waals surface area contributed by atoms with Crippen LogP contribution in [0.15, 0.2) is 59.6 Å². The monoisotopic (exact) mass is 417 g/mol. The third kappa shape index (κ3) is 3.61. The first kappa shape index (κ1) is 18.6. The summed E-state index contributed by atoms with van der Waals surface area (Å²) in [6.45, 7) is 3.35. The molecule has 7 nitrogen and oxygen atoms in total. The van der Waals surface area contributed by atoms with E-state index in [0.717, 1.165) is 37.9 Å². The van der Waals surface area contributed by atoms with Gasteiger partial charge in [-0.2, -0.15) is 0 Å². The molecule has 1 N–H and O–H groups in total. The van der Waals surface area contributed by atoms with E-state index in [0.29, 0.717) is 16.5 Å². The Labute approximate surface area is 177 Å². The van der Waals surface area contributed by atoms with Crippen molar-refractivity contribution in [1.29, 1.82) is 0 Å². The van der Waals surface area contributed by atoms with Crippen molar-refractivity contribution in [2.45, 2.75) is 0 Å². The number of nitrogens with zero attached hydrogens (tertiary/aromatic N) is 4. The number of anilines is 2. The fraction of sp³-hybridized carbons (Fsp3) is 0.182. The second-order valence-electron chi connectivity index (χ2n) is 7.11. The average molecular weight is 417 g/mol. The van der Waals surface area contributed by atoms with Gasteiger partial charge in [-0.25, -0.2) is 9.97 Å². The summed E-state index contributed by atoms with van der Waals surface area (Å²) in [5.74, 6) is 0.255. The number of nitrogens with one attached hydrogen (secondary N) is 1. The van der Waals surface area contributed by atoms with Crippen LogP contribution in [0.25, 0.3) is 16.8 Å². The van der Waals surface area contributed by atoms with Gasteiger partial charge in [0.05, 0.1) is 10.6 Å². The van der Waals surface area contributed by atoms with Gasteiger partial charge in [0.1, 0.15) is 0 Å². The quantitative estimate of drug-likeness (QED) is 0.655. The highest BCUT2D eigenvalue weighted by Gasteiger charge is 2.25. The Morgan fingerprint density at radius 1 is 0.933 bits per heavy atom.